The Bertz CT molecular complexity index is 376. The number of allylic oxidation sites excluding steroid dienone is 1. The Morgan fingerprint density at radius 3 is 3.20 bits per heavy atom. The number of fused-ring (bicyclic) bond motifs is 1. The lowest BCUT2D eigenvalue weighted by Crippen LogP contribution is -2.34. The standard InChI is InChI=1S/C12H17N3/c1-3-11(4-2)8-14-5-6-15-10-13-7-12(15)9-14/h3-4,7,10H,1,5-6,8-9H2,2H3. The summed E-state index contributed by atoms with van der Waals surface area (Å²) in [6.45, 7) is 10.00. The van der Waals surface area contributed by atoms with E-state index in [0.29, 0.717) is 0 Å². The average Bonchev–Trinajstić information content (AvgIpc) is 2.73. The van der Waals surface area contributed by atoms with E-state index in [1.54, 1.807) is 0 Å². The van der Waals surface area contributed by atoms with E-state index in [9.17, 15) is 0 Å². The van der Waals surface area contributed by atoms with Crippen LogP contribution in [0, 0.1) is 0 Å². The second-order valence-corrected chi connectivity index (χ2v) is 3.86. The maximum atomic E-state index is 4.16. The van der Waals surface area contributed by atoms with Crippen LogP contribution in [-0.4, -0.2) is 27.5 Å². The lowest BCUT2D eigenvalue weighted by molar-refractivity contribution is 0.240. The summed E-state index contributed by atoms with van der Waals surface area (Å²) in [4.78, 5) is 6.58. The van der Waals surface area contributed by atoms with Gasteiger partial charge in [-0.05, 0) is 12.5 Å². The van der Waals surface area contributed by atoms with Gasteiger partial charge in [0.2, 0.25) is 0 Å². The van der Waals surface area contributed by atoms with Gasteiger partial charge in [0.05, 0.1) is 12.0 Å². The maximum absolute atomic E-state index is 4.16. The van der Waals surface area contributed by atoms with E-state index in [2.05, 4.69) is 34.0 Å². The third-order valence-electron chi connectivity index (χ3n) is 2.88. The predicted octanol–water partition coefficient (Wildman–Crippen LogP) is 1.83. The number of hydrogen-bond acceptors (Lipinski definition) is 2. The molecular formula is C12H17N3. The number of rotatable bonds is 3. The van der Waals surface area contributed by atoms with Gasteiger partial charge in [-0.3, -0.25) is 4.90 Å². The van der Waals surface area contributed by atoms with Gasteiger partial charge in [-0.25, -0.2) is 4.98 Å². The molecule has 2 heterocycles. The van der Waals surface area contributed by atoms with Crippen LogP contribution in [0.2, 0.25) is 0 Å². The molecule has 0 spiro atoms. The van der Waals surface area contributed by atoms with Gasteiger partial charge in [0, 0.05) is 32.4 Å². The van der Waals surface area contributed by atoms with Crippen LogP contribution >= 0.6 is 0 Å². The van der Waals surface area contributed by atoms with Crippen molar-refractivity contribution in [3.63, 3.8) is 0 Å². The molecule has 2 rings (SSSR count). The lowest BCUT2D eigenvalue weighted by atomic mass is 10.2. The minimum atomic E-state index is 0.991. The molecule has 0 radical (unpaired) electrons. The van der Waals surface area contributed by atoms with Crippen molar-refractivity contribution in [2.45, 2.75) is 20.0 Å². The molecule has 0 fully saturated rings. The second kappa shape index (κ2) is 4.45. The first-order valence-electron chi connectivity index (χ1n) is 5.32. The fraction of sp³-hybridized carbons (Fsp3) is 0.417. The smallest absolute Gasteiger partial charge is 0.0949 e. The zero-order chi connectivity index (χ0) is 10.7. The molecule has 0 unspecified atom stereocenters. The summed E-state index contributed by atoms with van der Waals surface area (Å²) in [5.74, 6) is 0. The van der Waals surface area contributed by atoms with Crippen LogP contribution in [0.25, 0.3) is 0 Å². The highest BCUT2D eigenvalue weighted by Gasteiger charge is 2.15. The van der Waals surface area contributed by atoms with Crippen molar-refractivity contribution in [3.05, 3.63) is 42.5 Å². The SMILES string of the molecule is C=CC(=CC)CN1CCn2cncc2C1. The van der Waals surface area contributed by atoms with Gasteiger partial charge >= 0.3 is 0 Å². The Balaban J connectivity index is 2.01. The van der Waals surface area contributed by atoms with Crippen molar-refractivity contribution < 1.29 is 0 Å². The Morgan fingerprint density at radius 2 is 2.47 bits per heavy atom. The third kappa shape index (κ3) is 2.18. The van der Waals surface area contributed by atoms with E-state index in [0.717, 1.165) is 26.2 Å². The highest BCUT2D eigenvalue weighted by molar-refractivity contribution is 5.17. The van der Waals surface area contributed by atoms with Gasteiger partial charge < -0.3 is 4.57 Å². The predicted molar refractivity (Wildman–Crippen MR) is 61.5 cm³/mol. The van der Waals surface area contributed by atoms with Crippen LogP contribution in [0.15, 0.2) is 36.8 Å². The molecule has 1 aromatic rings. The van der Waals surface area contributed by atoms with E-state index in [1.165, 1.54) is 11.3 Å². The zero-order valence-corrected chi connectivity index (χ0v) is 9.19. The second-order valence-electron chi connectivity index (χ2n) is 3.86. The van der Waals surface area contributed by atoms with Crippen LogP contribution in [0.3, 0.4) is 0 Å². The first-order chi connectivity index (χ1) is 7.33. The minimum absolute atomic E-state index is 0.991. The van der Waals surface area contributed by atoms with Gasteiger partial charge in [-0.15, -0.1) is 0 Å². The van der Waals surface area contributed by atoms with Crippen molar-refractivity contribution in [1.82, 2.24) is 14.5 Å². The molecular weight excluding hydrogens is 186 g/mol. The summed E-state index contributed by atoms with van der Waals surface area (Å²) in [5, 5.41) is 0. The lowest BCUT2D eigenvalue weighted by Gasteiger charge is -2.28. The minimum Gasteiger partial charge on any atom is -0.332 e. The van der Waals surface area contributed by atoms with E-state index in [4.69, 9.17) is 0 Å². The highest BCUT2D eigenvalue weighted by atomic mass is 15.2. The molecule has 3 nitrogen and oxygen atoms in total. The summed E-state index contributed by atoms with van der Waals surface area (Å²) < 4.78 is 2.22. The molecule has 0 N–H and O–H groups in total. The molecule has 0 aliphatic carbocycles. The van der Waals surface area contributed by atoms with Crippen molar-refractivity contribution in [3.8, 4) is 0 Å². The van der Waals surface area contributed by atoms with Crippen LogP contribution in [0.1, 0.15) is 12.6 Å². The van der Waals surface area contributed by atoms with Crippen molar-refractivity contribution in [2.75, 3.05) is 13.1 Å². The van der Waals surface area contributed by atoms with Crippen LogP contribution in [0.4, 0.5) is 0 Å². The molecule has 0 saturated carbocycles. The fourth-order valence-electron chi connectivity index (χ4n) is 1.91. The zero-order valence-electron chi connectivity index (χ0n) is 9.19. The summed E-state index contributed by atoms with van der Waals surface area (Å²) in [7, 11) is 0. The largest absolute Gasteiger partial charge is 0.332 e. The van der Waals surface area contributed by atoms with Crippen LogP contribution < -0.4 is 0 Å². The molecule has 0 saturated heterocycles. The quantitative estimate of drug-likeness (QED) is 0.699. The van der Waals surface area contributed by atoms with E-state index in [-0.39, 0.29) is 0 Å². The Morgan fingerprint density at radius 1 is 1.60 bits per heavy atom. The first kappa shape index (κ1) is 10.2. The molecule has 80 valence electrons. The highest BCUT2D eigenvalue weighted by Crippen LogP contribution is 2.12. The number of imidazole rings is 1. The Kier molecular flexibility index (Phi) is 3.02. The van der Waals surface area contributed by atoms with Crippen LogP contribution in [-0.2, 0) is 13.1 Å². The Labute approximate surface area is 90.7 Å². The molecule has 1 aromatic heterocycles. The maximum Gasteiger partial charge on any atom is 0.0949 e. The van der Waals surface area contributed by atoms with Gasteiger partial charge in [-0.2, -0.15) is 0 Å². The van der Waals surface area contributed by atoms with E-state index in [1.807, 2.05) is 18.6 Å². The number of hydrogen-bond donors (Lipinski definition) is 0. The topological polar surface area (TPSA) is 21.1 Å². The first-order valence-corrected chi connectivity index (χ1v) is 5.32. The molecule has 0 aromatic carbocycles. The normalized spacial score (nSPS) is 17.5. The monoisotopic (exact) mass is 203 g/mol. The molecule has 3 heteroatoms. The van der Waals surface area contributed by atoms with Gasteiger partial charge in [0.1, 0.15) is 0 Å². The van der Waals surface area contributed by atoms with Crippen molar-refractivity contribution >= 4 is 0 Å². The van der Waals surface area contributed by atoms with Crippen molar-refractivity contribution in [2.24, 2.45) is 0 Å². The molecule has 1 aliphatic rings. The molecule has 0 amide bonds. The van der Waals surface area contributed by atoms with Crippen LogP contribution in [0.5, 0.6) is 0 Å². The number of nitrogens with zero attached hydrogens (tertiary/aromatic N) is 3. The van der Waals surface area contributed by atoms with E-state index < -0.39 is 0 Å². The van der Waals surface area contributed by atoms with Gasteiger partial charge in [0.25, 0.3) is 0 Å². The summed E-state index contributed by atoms with van der Waals surface area (Å²) >= 11 is 0. The average molecular weight is 203 g/mol. The molecule has 0 bridgehead atoms. The van der Waals surface area contributed by atoms with Crippen molar-refractivity contribution in [1.29, 1.82) is 0 Å². The van der Waals surface area contributed by atoms with E-state index >= 15 is 0 Å². The molecule has 15 heavy (non-hydrogen) atoms. The summed E-state index contributed by atoms with van der Waals surface area (Å²) in [6, 6.07) is 0. The summed E-state index contributed by atoms with van der Waals surface area (Å²) in [5.41, 5.74) is 2.60. The Hall–Kier alpha value is -1.35. The fourth-order valence-corrected chi connectivity index (χ4v) is 1.91. The van der Waals surface area contributed by atoms with Gasteiger partial charge in [0.15, 0.2) is 0 Å². The van der Waals surface area contributed by atoms with Gasteiger partial charge in [-0.1, -0.05) is 18.7 Å². The molecule has 0 atom stereocenters. The molecule has 1 aliphatic heterocycles. The third-order valence-corrected chi connectivity index (χ3v) is 2.88. The number of aromatic nitrogens is 2. The summed E-state index contributed by atoms with van der Waals surface area (Å²) in [6.07, 6.45) is 7.93.